The number of aliphatic carboxylic acids is 1. The number of nitrogens with two attached hydrogens (primary N) is 1. The zero-order chi connectivity index (χ0) is 8.97. The summed E-state index contributed by atoms with van der Waals surface area (Å²) in [5, 5.41) is 8.61. The Kier molecular flexibility index (Phi) is 3.88. The van der Waals surface area contributed by atoms with Crippen molar-refractivity contribution in [3.63, 3.8) is 0 Å². The molecule has 1 fully saturated rings. The molecule has 0 aliphatic carbocycles. The van der Waals surface area contributed by atoms with Crippen LogP contribution in [-0.4, -0.2) is 28.6 Å². The second-order valence-electron chi connectivity index (χ2n) is 3.21. The van der Waals surface area contributed by atoms with Gasteiger partial charge in [0.1, 0.15) is 0 Å². The molecule has 0 unspecified atom stereocenters. The maximum absolute atomic E-state index is 10.5. The Hall–Kier alpha value is -0.220. The normalized spacial score (nSPS) is 31.1. The Labute approximate surface area is 76.7 Å². The van der Waals surface area contributed by atoms with Gasteiger partial charge in [-0.2, -0.15) is 11.8 Å². The van der Waals surface area contributed by atoms with E-state index < -0.39 is 5.97 Å². The van der Waals surface area contributed by atoms with Gasteiger partial charge in [-0.1, -0.05) is 0 Å². The van der Waals surface area contributed by atoms with E-state index in [0.717, 1.165) is 24.3 Å². The molecule has 3 N–H and O–H groups in total. The Morgan fingerprint density at radius 1 is 1.50 bits per heavy atom. The molecule has 0 saturated carbocycles. The fourth-order valence-electron chi connectivity index (χ4n) is 1.48. The van der Waals surface area contributed by atoms with Crippen molar-refractivity contribution in [1.29, 1.82) is 0 Å². The van der Waals surface area contributed by atoms with Gasteiger partial charge in [-0.3, -0.25) is 4.79 Å². The van der Waals surface area contributed by atoms with E-state index in [1.165, 1.54) is 0 Å². The molecule has 2 atom stereocenters. The van der Waals surface area contributed by atoms with E-state index >= 15 is 0 Å². The van der Waals surface area contributed by atoms with Crippen molar-refractivity contribution in [1.82, 2.24) is 0 Å². The number of carboxylic acids is 1. The lowest BCUT2D eigenvalue weighted by Gasteiger charge is -2.18. The van der Waals surface area contributed by atoms with Gasteiger partial charge >= 0.3 is 5.97 Å². The summed E-state index contributed by atoms with van der Waals surface area (Å²) in [5.41, 5.74) is 5.85. The molecular weight excluding hydrogens is 174 g/mol. The first kappa shape index (κ1) is 9.86. The topological polar surface area (TPSA) is 63.3 Å². The van der Waals surface area contributed by atoms with E-state index in [1.807, 2.05) is 11.8 Å². The summed E-state index contributed by atoms with van der Waals surface area (Å²) in [6, 6.07) is 0.0936. The van der Waals surface area contributed by atoms with Crippen LogP contribution in [0.1, 0.15) is 19.3 Å². The Morgan fingerprint density at radius 2 is 2.17 bits per heavy atom. The summed E-state index contributed by atoms with van der Waals surface area (Å²) in [6.45, 7) is 0. The lowest BCUT2D eigenvalue weighted by molar-refractivity contribution is -0.138. The van der Waals surface area contributed by atoms with Gasteiger partial charge in [-0.05, 0) is 30.3 Å². The van der Waals surface area contributed by atoms with E-state index in [9.17, 15) is 4.79 Å². The van der Waals surface area contributed by atoms with Crippen molar-refractivity contribution in [2.75, 3.05) is 11.5 Å². The predicted octanol–water partition coefficient (Wildman–Crippen LogP) is 0.932. The highest BCUT2D eigenvalue weighted by Gasteiger charge is 2.22. The molecule has 12 heavy (non-hydrogen) atoms. The highest BCUT2D eigenvalue weighted by molar-refractivity contribution is 7.99. The smallest absolute Gasteiger partial charge is 0.303 e. The molecule has 1 heterocycles. The third-order valence-electron chi connectivity index (χ3n) is 2.27. The van der Waals surface area contributed by atoms with E-state index in [1.54, 1.807) is 0 Å². The third kappa shape index (κ3) is 3.03. The van der Waals surface area contributed by atoms with Crippen LogP contribution in [0.2, 0.25) is 0 Å². The SMILES string of the molecule is N[C@@H]1CCSCC[C@@H]1CC(=O)O. The van der Waals surface area contributed by atoms with Crippen molar-refractivity contribution >= 4 is 17.7 Å². The van der Waals surface area contributed by atoms with Crippen LogP contribution in [0.4, 0.5) is 0 Å². The fraction of sp³-hybridized carbons (Fsp3) is 0.875. The monoisotopic (exact) mass is 189 g/mol. The zero-order valence-electron chi connectivity index (χ0n) is 7.03. The van der Waals surface area contributed by atoms with Crippen LogP contribution >= 0.6 is 11.8 Å². The lowest BCUT2D eigenvalue weighted by atomic mass is 9.92. The van der Waals surface area contributed by atoms with E-state index in [-0.39, 0.29) is 18.4 Å². The molecule has 1 saturated heterocycles. The number of rotatable bonds is 2. The minimum absolute atomic E-state index is 0.0936. The van der Waals surface area contributed by atoms with Gasteiger partial charge < -0.3 is 10.8 Å². The molecule has 3 nitrogen and oxygen atoms in total. The second-order valence-corrected chi connectivity index (χ2v) is 4.44. The molecule has 0 amide bonds. The Morgan fingerprint density at radius 3 is 2.83 bits per heavy atom. The van der Waals surface area contributed by atoms with Crippen molar-refractivity contribution in [3.05, 3.63) is 0 Å². The first-order valence-corrected chi connectivity index (χ1v) is 5.40. The highest BCUT2D eigenvalue weighted by Crippen LogP contribution is 2.23. The van der Waals surface area contributed by atoms with Crippen LogP contribution in [0.25, 0.3) is 0 Å². The van der Waals surface area contributed by atoms with Gasteiger partial charge in [0.25, 0.3) is 0 Å². The molecule has 1 aliphatic heterocycles. The number of hydrogen-bond acceptors (Lipinski definition) is 3. The summed E-state index contributed by atoms with van der Waals surface area (Å²) < 4.78 is 0. The first-order chi connectivity index (χ1) is 5.70. The summed E-state index contributed by atoms with van der Waals surface area (Å²) in [4.78, 5) is 10.5. The van der Waals surface area contributed by atoms with Crippen LogP contribution in [-0.2, 0) is 4.79 Å². The summed E-state index contributed by atoms with van der Waals surface area (Å²) in [5.74, 6) is 1.61. The van der Waals surface area contributed by atoms with Crippen LogP contribution < -0.4 is 5.73 Å². The molecule has 0 radical (unpaired) electrons. The average Bonchev–Trinajstić information content (AvgIpc) is 2.16. The van der Waals surface area contributed by atoms with E-state index in [0.29, 0.717) is 0 Å². The highest BCUT2D eigenvalue weighted by atomic mass is 32.2. The van der Waals surface area contributed by atoms with Gasteiger partial charge in [0.05, 0.1) is 0 Å². The molecule has 70 valence electrons. The van der Waals surface area contributed by atoms with E-state index in [2.05, 4.69) is 0 Å². The minimum Gasteiger partial charge on any atom is -0.481 e. The molecular formula is C8H15NO2S. The van der Waals surface area contributed by atoms with Gasteiger partial charge in [-0.25, -0.2) is 0 Å². The molecule has 1 rings (SSSR count). The number of hydrogen-bond donors (Lipinski definition) is 2. The van der Waals surface area contributed by atoms with Gasteiger partial charge in [-0.15, -0.1) is 0 Å². The molecule has 0 bridgehead atoms. The maximum atomic E-state index is 10.5. The largest absolute Gasteiger partial charge is 0.481 e. The van der Waals surface area contributed by atoms with Gasteiger partial charge in [0.2, 0.25) is 0 Å². The molecule has 0 aromatic carbocycles. The fourth-order valence-corrected chi connectivity index (χ4v) is 2.60. The summed E-state index contributed by atoms with van der Waals surface area (Å²) in [6.07, 6.45) is 2.16. The number of carbonyl (C=O) groups is 1. The molecule has 0 aromatic rings. The zero-order valence-corrected chi connectivity index (χ0v) is 7.85. The maximum Gasteiger partial charge on any atom is 0.303 e. The minimum atomic E-state index is -0.720. The predicted molar refractivity (Wildman–Crippen MR) is 50.3 cm³/mol. The van der Waals surface area contributed by atoms with Crippen molar-refractivity contribution < 1.29 is 9.90 Å². The van der Waals surface area contributed by atoms with Gasteiger partial charge in [0.15, 0.2) is 0 Å². The second kappa shape index (κ2) is 4.72. The van der Waals surface area contributed by atoms with Crippen molar-refractivity contribution in [3.8, 4) is 0 Å². The van der Waals surface area contributed by atoms with Crippen LogP contribution in [0.5, 0.6) is 0 Å². The van der Waals surface area contributed by atoms with Crippen LogP contribution in [0.15, 0.2) is 0 Å². The Bertz CT molecular complexity index is 163. The number of thioether (sulfide) groups is 1. The summed E-state index contributed by atoms with van der Waals surface area (Å²) >= 11 is 1.88. The van der Waals surface area contributed by atoms with Crippen molar-refractivity contribution in [2.24, 2.45) is 11.7 Å². The third-order valence-corrected chi connectivity index (χ3v) is 3.32. The summed E-state index contributed by atoms with van der Waals surface area (Å²) in [7, 11) is 0. The molecule has 0 spiro atoms. The molecule has 4 heteroatoms. The Balaban J connectivity index is 2.41. The van der Waals surface area contributed by atoms with Crippen molar-refractivity contribution in [2.45, 2.75) is 25.3 Å². The molecule has 0 aromatic heterocycles. The van der Waals surface area contributed by atoms with Crippen LogP contribution in [0, 0.1) is 5.92 Å². The average molecular weight is 189 g/mol. The number of carboxylic acid groups (broad SMARTS) is 1. The van der Waals surface area contributed by atoms with Gasteiger partial charge in [0, 0.05) is 12.5 Å². The standard InChI is InChI=1S/C8H15NO2S/c9-7-2-4-12-3-1-6(7)5-8(10)11/h6-7H,1-5,9H2,(H,10,11)/t6-,7-/m1/s1. The lowest BCUT2D eigenvalue weighted by Crippen LogP contribution is -2.31. The van der Waals surface area contributed by atoms with Crippen LogP contribution in [0.3, 0.4) is 0 Å². The quantitative estimate of drug-likeness (QED) is 0.678. The first-order valence-electron chi connectivity index (χ1n) is 4.25. The van der Waals surface area contributed by atoms with E-state index in [4.69, 9.17) is 10.8 Å². The molecule has 1 aliphatic rings.